The summed E-state index contributed by atoms with van der Waals surface area (Å²) < 4.78 is 42.1. The van der Waals surface area contributed by atoms with Crippen molar-refractivity contribution in [3.8, 4) is 5.75 Å². The van der Waals surface area contributed by atoms with Gasteiger partial charge in [0, 0.05) is 7.11 Å². The van der Waals surface area contributed by atoms with E-state index in [9.17, 15) is 13.0 Å². The molecule has 0 atom stereocenters. The van der Waals surface area contributed by atoms with Gasteiger partial charge < -0.3 is 9.47 Å². The average Bonchev–Trinajstić information content (AvgIpc) is 2.28. The molecule has 0 radical (unpaired) electrons. The number of aryl methyl sites for hydroxylation is 1. The van der Waals surface area contributed by atoms with E-state index in [4.69, 9.17) is 9.47 Å². The summed E-state index contributed by atoms with van der Waals surface area (Å²) in [6.07, 6.45) is 0.623. The molecule has 1 aromatic rings. The number of rotatable bonds is 6. The minimum absolute atomic E-state index is 0.193. The number of methoxy groups -OCH3 is 1. The normalized spacial score (nSPS) is 11.6. The van der Waals surface area contributed by atoms with Crippen LogP contribution < -0.4 is 4.74 Å². The molecule has 0 aliphatic heterocycles. The van der Waals surface area contributed by atoms with Crippen LogP contribution in [0.5, 0.6) is 5.75 Å². The van der Waals surface area contributed by atoms with Crippen molar-refractivity contribution in [1.29, 1.82) is 0 Å². The summed E-state index contributed by atoms with van der Waals surface area (Å²) in [5.74, 6) is 0.219. The molecule has 0 spiro atoms. The first-order chi connectivity index (χ1) is 8.41. The van der Waals surface area contributed by atoms with E-state index >= 15 is 0 Å². The summed E-state index contributed by atoms with van der Waals surface area (Å²) in [7, 11) is -2.75. The van der Waals surface area contributed by atoms with Crippen molar-refractivity contribution in [1.82, 2.24) is 0 Å². The fourth-order valence-electron chi connectivity index (χ4n) is 1.73. The van der Waals surface area contributed by atoms with E-state index in [1.165, 1.54) is 13.2 Å². The van der Waals surface area contributed by atoms with Gasteiger partial charge in [-0.15, -0.1) is 0 Å². The average molecular weight is 274 g/mol. The van der Waals surface area contributed by atoms with Crippen molar-refractivity contribution in [3.63, 3.8) is 0 Å². The Hall–Kier alpha value is -1.11. The Labute approximate surface area is 107 Å². The molecular formula is C12H18O5S. The highest BCUT2D eigenvalue weighted by molar-refractivity contribution is 7.86. The summed E-state index contributed by atoms with van der Waals surface area (Å²) in [4.78, 5) is -0.193. The van der Waals surface area contributed by atoms with Gasteiger partial charge in [-0.3, -0.25) is 4.55 Å². The maximum Gasteiger partial charge on any atom is 0.298 e. The molecule has 0 fully saturated rings. The second-order valence-corrected chi connectivity index (χ2v) is 5.25. The van der Waals surface area contributed by atoms with Crippen molar-refractivity contribution in [2.45, 2.75) is 25.2 Å². The molecule has 0 heterocycles. The lowest BCUT2D eigenvalue weighted by Gasteiger charge is -2.15. The molecule has 18 heavy (non-hydrogen) atoms. The topological polar surface area (TPSA) is 72.8 Å². The van der Waals surface area contributed by atoms with E-state index < -0.39 is 10.1 Å². The second kappa shape index (κ2) is 6.17. The van der Waals surface area contributed by atoms with Gasteiger partial charge in [0.05, 0.1) is 6.61 Å². The van der Waals surface area contributed by atoms with Gasteiger partial charge in [0.15, 0.2) is 0 Å². The Morgan fingerprint density at radius 1 is 1.28 bits per heavy atom. The molecule has 0 saturated carbocycles. The molecule has 0 aliphatic carbocycles. The van der Waals surface area contributed by atoms with Gasteiger partial charge in [-0.1, -0.05) is 13.0 Å². The van der Waals surface area contributed by atoms with Crippen molar-refractivity contribution in [2.75, 3.05) is 20.3 Å². The largest absolute Gasteiger partial charge is 0.489 e. The molecule has 0 aliphatic rings. The van der Waals surface area contributed by atoms with Crippen LogP contribution in [0.2, 0.25) is 0 Å². The Morgan fingerprint density at radius 3 is 2.44 bits per heavy atom. The minimum atomic E-state index is -4.29. The quantitative estimate of drug-likeness (QED) is 0.633. The van der Waals surface area contributed by atoms with Crippen LogP contribution in [0.15, 0.2) is 17.0 Å². The SMILES string of the molecule is CCc1c(C)ccc(S(=O)(=O)O)c1OCCOC. The fourth-order valence-corrected chi connectivity index (χ4v) is 2.39. The van der Waals surface area contributed by atoms with E-state index in [-0.39, 0.29) is 17.3 Å². The maximum atomic E-state index is 11.3. The summed E-state index contributed by atoms with van der Waals surface area (Å²) in [5, 5.41) is 0. The van der Waals surface area contributed by atoms with E-state index in [1.54, 1.807) is 6.07 Å². The molecule has 102 valence electrons. The molecule has 0 aromatic heterocycles. The van der Waals surface area contributed by atoms with Crippen molar-refractivity contribution in [2.24, 2.45) is 0 Å². The van der Waals surface area contributed by atoms with E-state index in [0.717, 1.165) is 11.1 Å². The van der Waals surface area contributed by atoms with Gasteiger partial charge in [-0.2, -0.15) is 8.42 Å². The van der Waals surface area contributed by atoms with Crippen LogP contribution in [0.4, 0.5) is 0 Å². The van der Waals surface area contributed by atoms with Crippen LogP contribution in [0, 0.1) is 6.92 Å². The van der Waals surface area contributed by atoms with Crippen molar-refractivity contribution in [3.05, 3.63) is 23.3 Å². The monoisotopic (exact) mass is 274 g/mol. The third-order valence-corrected chi connectivity index (χ3v) is 3.50. The minimum Gasteiger partial charge on any atom is -0.489 e. The predicted octanol–water partition coefficient (Wildman–Crippen LogP) is 1.83. The second-order valence-electron chi connectivity index (χ2n) is 3.86. The van der Waals surface area contributed by atoms with Crippen LogP contribution in [0.1, 0.15) is 18.1 Å². The van der Waals surface area contributed by atoms with Gasteiger partial charge in [0.25, 0.3) is 10.1 Å². The first kappa shape index (κ1) is 14.9. The Bertz CT molecular complexity index is 507. The third-order valence-electron chi connectivity index (χ3n) is 2.62. The molecule has 6 heteroatoms. The molecular weight excluding hydrogens is 256 g/mol. The molecule has 5 nitrogen and oxygen atoms in total. The van der Waals surface area contributed by atoms with E-state index in [1.807, 2.05) is 13.8 Å². The number of ether oxygens (including phenoxy) is 2. The van der Waals surface area contributed by atoms with Crippen LogP contribution in [-0.2, 0) is 21.3 Å². The van der Waals surface area contributed by atoms with Gasteiger partial charge >= 0.3 is 0 Å². The van der Waals surface area contributed by atoms with E-state index in [0.29, 0.717) is 13.0 Å². The molecule has 0 unspecified atom stereocenters. The van der Waals surface area contributed by atoms with Gasteiger partial charge in [-0.05, 0) is 30.5 Å². The van der Waals surface area contributed by atoms with Crippen LogP contribution >= 0.6 is 0 Å². The summed E-state index contributed by atoms with van der Waals surface area (Å²) in [6, 6.07) is 3.01. The zero-order valence-corrected chi connectivity index (χ0v) is 11.6. The summed E-state index contributed by atoms with van der Waals surface area (Å²) in [6.45, 7) is 4.35. The Balaban J connectivity index is 3.26. The Kier molecular flexibility index (Phi) is 5.13. The molecule has 0 amide bonds. The lowest BCUT2D eigenvalue weighted by Crippen LogP contribution is -2.11. The first-order valence-corrected chi connectivity index (χ1v) is 7.07. The van der Waals surface area contributed by atoms with Crippen molar-refractivity contribution < 1.29 is 22.4 Å². The predicted molar refractivity (Wildman–Crippen MR) is 67.7 cm³/mol. The zero-order chi connectivity index (χ0) is 13.8. The summed E-state index contributed by atoms with van der Waals surface area (Å²) in [5.41, 5.74) is 1.71. The van der Waals surface area contributed by atoms with Gasteiger partial charge in [0.2, 0.25) is 0 Å². The first-order valence-electron chi connectivity index (χ1n) is 5.63. The number of hydrogen-bond acceptors (Lipinski definition) is 4. The Morgan fingerprint density at radius 2 is 1.94 bits per heavy atom. The third kappa shape index (κ3) is 3.44. The molecule has 0 bridgehead atoms. The maximum absolute atomic E-state index is 11.3. The van der Waals surface area contributed by atoms with Gasteiger partial charge in [0.1, 0.15) is 17.3 Å². The smallest absolute Gasteiger partial charge is 0.298 e. The van der Waals surface area contributed by atoms with Crippen LogP contribution in [0.25, 0.3) is 0 Å². The summed E-state index contributed by atoms with van der Waals surface area (Å²) >= 11 is 0. The van der Waals surface area contributed by atoms with Crippen LogP contribution in [0.3, 0.4) is 0 Å². The number of benzene rings is 1. The lowest BCUT2D eigenvalue weighted by molar-refractivity contribution is 0.144. The highest BCUT2D eigenvalue weighted by Gasteiger charge is 2.20. The molecule has 1 N–H and O–H groups in total. The van der Waals surface area contributed by atoms with Gasteiger partial charge in [-0.25, -0.2) is 0 Å². The lowest BCUT2D eigenvalue weighted by atomic mass is 10.1. The molecule has 0 saturated heterocycles. The van der Waals surface area contributed by atoms with Crippen LogP contribution in [-0.4, -0.2) is 33.3 Å². The standard InChI is InChI=1S/C12H18O5S/c1-4-10-9(2)5-6-11(18(13,14)15)12(10)17-8-7-16-3/h5-6H,4,7-8H2,1-3H3,(H,13,14,15). The van der Waals surface area contributed by atoms with E-state index in [2.05, 4.69) is 0 Å². The zero-order valence-electron chi connectivity index (χ0n) is 10.8. The fraction of sp³-hybridized carbons (Fsp3) is 0.500. The highest BCUT2D eigenvalue weighted by atomic mass is 32.2. The number of hydrogen-bond donors (Lipinski definition) is 1. The highest BCUT2D eigenvalue weighted by Crippen LogP contribution is 2.31. The molecule has 1 aromatic carbocycles. The van der Waals surface area contributed by atoms with Crippen molar-refractivity contribution >= 4 is 10.1 Å². The molecule has 1 rings (SSSR count).